The molecule has 34 heavy (non-hydrogen) atoms. The number of nitrogen functional groups attached to an aromatic ring is 1. The Kier molecular flexibility index (Phi) is 9.69. The van der Waals surface area contributed by atoms with Gasteiger partial charge in [0.15, 0.2) is 11.5 Å². The number of hydrogen-bond acceptors (Lipinski definition) is 6. The number of H-pyrrole nitrogens is 1. The number of nitrogens with two attached hydrogens (primary N) is 1. The van der Waals surface area contributed by atoms with Gasteiger partial charge in [0.2, 0.25) is 6.41 Å². The van der Waals surface area contributed by atoms with Gasteiger partial charge >= 0.3 is 0 Å². The third-order valence-electron chi connectivity index (χ3n) is 4.43. The molecule has 0 spiro atoms. The number of nitrogens with zero attached hydrogens (tertiary/aromatic N) is 3. The molecule has 2 heterocycles. The van der Waals surface area contributed by atoms with E-state index in [9.17, 15) is 18.0 Å². The van der Waals surface area contributed by atoms with Gasteiger partial charge in [0.1, 0.15) is 11.6 Å². The molecule has 0 fully saturated rings. The van der Waals surface area contributed by atoms with E-state index in [0.29, 0.717) is 24.3 Å². The molecule has 4 rings (SSSR count). The second-order valence-electron chi connectivity index (χ2n) is 6.89. The number of benzene rings is 2. The van der Waals surface area contributed by atoms with E-state index in [-0.39, 0.29) is 17.1 Å². The standard InChI is InChI=1S/C13H9FN4O.C7H7F2N.C3H7NO/c14-9-3-1-8(2-4-9)12-11-5-10(16-7-19)6-15-13(11)18-17-12;1-4-5(8)2-3-6(10)7(4)9;1-2-3-4-5/h1-7H,(H,16,19)(H,15,17,18);2-3H,10H2,1H3;2-3H2,1H3. The summed E-state index contributed by atoms with van der Waals surface area (Å²) >= 11 is 0. The molecule has 0 atom stereocenters. The lowest BCUT2D eigenvalue weighted by Crippen LogP contribution is -1.95. The Hall–Kier alpha value is -4.28. The van der Waals surface area contributed by atoms with Gasteiger partial charge in [-0.1, -0.05) is 12.1 Å². The van der Waals surface area contributed by atoms with E-state index in [1.807, 2.05) is 6.92 Å². The van der Waals surface area contributed by atoms with Crippen molar-refractivity contribution >= 4 is 28.8 Å². The molecule has 8 nitrogen and oxygen atoms in total. The highest BCUT2D eigenvalue weighted by atomic mass is 19.1. The number of amides is 1. The van der Waals surface area contributed by atoms with Crippen molar-refractivity contribution < 1.29 is 18.0 Å². The second kappa shape index (κ2) is 12.7. The zero-order chi connectivity index (χ0) is 25.1. The summed E-state index contributed by atoms with van der Waals surface area (Å²) in [4.78, 5) is 23.7. The number of fused-ring (bicyclic) bond motifs is 1. The number of anilines is 2. The lowest BCUT2D eigenvalue weighted by molar-refractivity contribution is -0.105. The summed E-state index contributed by atoms with van der Waals surface area (Å²) in [5, 5.41) is 12.8. The summed E-state index contributed by atoms with van der Waals surface area (Å²) in [7, 11) is 0. The Bertz CT molecular complexity index is 1220. The molecule has 0 aliphatic heterocycles. The zero-order valence-corrected chi connectivity index (χ0v) is 18.5. The van der Waals surface area contributed by atoms with Gasteiger partial charge < -0.3 is 11.1 Å². The highest BCUT2D eigenvalue weighted by Crippen LogP contribution is 2.27. The van der Waals surface area contributed by atoms with Crippen molar-refractivity contribution in [2.75, 3.05) is 17.6 Å². The molecule has 4 aromatic rings. The van der Waals surface area contributed by atoms with Gasteiger partial charge in [0.05, 0.1) is 29.8 Å². The Morgan fingerprint density at radius 3 is 2.41 bits per heavy atom. The molecule has 0 aliphatic rings. The van der Waals surface area contributed by atoms with Gasteiger partial charge in [-0.3, -0.25) is 9.89 Å². The van der Waals surface area contributed by atoms with Crippen LogP contribution >= 0.6 is 0 Å². The van der Waals surface area contributed by atoms with Crippen molar-refractivity contribution in [1.82, 2.24) is 15.2 Å². The van der Waals surface area contributed by atoms with Gasteiger partial charge in [-0.2, -0.15) is 10.0 Å². The van der Waals surface area contributed by atoms with E-state index in [0.717, 1.165) is 29.1 Å². The van der Waals surface area contributed by atoms with Gasteiger partial charge in [0.25, 0.3) is 0 Å². The van der Waals surface area contributed by atoms with Crippen molar-refractivity contribution in [1.29, 1.82) is 0 Å². The molecule has 0 aliphatic carbocycles. The van der Waals surface area contributed by atoms with E-state index in [1.54, 1.807) is 18.2 Å². The Labute approximate surface area is 193 Å². The molecule has 4 N–H and O–H groups in total. The van der Waals surface area contributed by atoms with Crippen molar-refractivity contribution in [3.63, 3.8) is 0 Å². The monoisotopic (exact) mass is 472 g/mol. The average Bonchev–Trinajstić information content (AvgIpc) is 3.26. The molecule has 178 valence electrons. The first-order valence-corrected chi connectivity index (χ1v) is 10.1. The van der Waals surface area contributed by atoms with Crippen LogP contribution in [-0.2, 0) is 4.79 Å². The Morgan fingerprint density at radius 2 is 1.85 bits per heavy atom. The smallest absolute Gasteiger partial charge is 0.211 e. The minimum atomic E-state index is -0.667. The van der Waals surface area contributed by atoms with Crippen LogP contribution < -0.4 is 11.1 Å². The van der Waals surface area contributed by atoms with E-state index >= 15 is 0 Å². The number of halogens is 3. The Balaban J connectivity index is 0.000000228. The average molecular weight is 472 g/mol. The maximum absolute atomic E-state index is 12.9. The highest BCUT2D eigenvalue weighted by molar-refractivity contribution is 5.93. The molecule has 0 saturated heterocycles. The number of aromatic nitrogens is 3. The molecule has 1 amide bonds. The molecular weight excluding hydrogens is 449 g/mol. The largest absolute Gasteiger partial charge is 0.396 e. The Morgan fingerprint density at radius 1 is 1.15 bits per heavy atom. The normalized spacial score (nSPS) is 9.91. The fourth-order valence-electron chi connectivity index (χ4n) is 2.66. The van der Waals surface area contributed by atoms with Crippen LogP contribution in [0.5, 0.6) is 0 Å². The van der Waals surface area contributed by atoms with Crippen LogP contribution in [-0.4, -0.2) is 28.1 Å². The molecule has 2 aromatic heterocycles. The number of carbonyl (C=O) groups is 1. The number of rotatable bonds is 5. The number of hydrogen-bond donors (Lipinski definition) is 3. The van der Waals surface area contributed by atoms with E-state index < -0.39 is 11.6 Å². The minimum Gasteiger partial charge on any atom is -0.396 e. The van der Waals surface area contributed by atoms with Crippen LogP contribution in [0, 0.1) is 29.3 Å². The number of nitroso groups, excluding NO2 is 1. The third-order valence-corrected chi connectivity index (χ3v) is 4.43. The first-order valence-electron chi connectivity index (χ1n) is 10.1. The summed E-state index contributed by atoms with van der Waals surface area (Å²) in [6.45, 7) is 3.72. The fraction of sp³-hybridized carbons (Fsp3) is 0.174. The quantitative estimate of drug-likeness (QED) is 0.205. The molecule has 2 aromatic carbocycles. The van der Waals surface area contributed by atoms with Crippen LogP contribution in [0.25, 0.3) is 22.3 Å². The molecule has 0 bridgehead atoms. The van der Waals surface area contributed by atoms with Gasteiger partial charge in [-0.05, 0) is 55.8 Å². The van der Waals surface area contributed by atoms with Crippen LogP contribution in [0.2, 0.25) is 0 Å². The van der Waals surface area contributed by atoms with Crippen molar-refractivity contribution in [3.05, 3.63) is 76.6 Å². The molecular formula is C23H23F3N6O2. The predicted octanol–water partition coefficient (Wildman–Crippen LogP) is 5.35. The second-order valence-corrected chi connectivity index (χ2v) is 6.89. The lowest BCUT2D eigenvalue weighted by Gasteiger charge is -2.00. The van der Waals surface area contributed by atoms with Crippen molar-refractivity contribution in [2.45, 2.75) is 20.3 Å². The number of carbonyl (C=O) groups excluding carboxylic acids is 1. The summed E-state index contributed by atoms with van der Waals surface area (Å²) in [5.41, 5.74) is 7.75. The van der Waals surface area contributed by atoms with E-state index in [1.165, 1.54) is 31.3 Å². The first-order chi connectivity index (χ1) is 16.3. The summed E-state index contributed by atoms with van der Waals surface area (Å²) in [6, 6.07) is 10.2. The third kappa shape index (κ3) is 6.86. The van der Waals surface area contributed by atoms with Crippen LogP contribution in [0.4, 0.5) is 24.5 Å². The molecule has 0 saturated carbocycles. The van der Waals surface area contributed by atoms with E-state index in [2.05, 4.69) is 25.7 Å². The lowest BCUT2D eigenvalue weighted by atomic mass is 10.1. The summed E-state index contributed by atoms with van der Waals surface area (Å²) in [5.74, 6) is -1.53. The number of nitrogens with one attached hydrogen (secondary N) is 2. The predicted molar refractivity (Wildman–Crippen MR) is 125 cm³/mol. The molecule has 11 heteroatoms. The summed E-state index contributed by atoms with van der Waals surface area (Å²) < 4.78 is 38.0. The van der Waals surface area contributed by atoms with Crippen LogP contribution in [0.1, 0.15) is 18.9 Å². The minimum absolute atomic E-state index is 0.0149. The molecule has 0 radical (unpaired) electrons. The fourth-order valence-corrected chi connectivity index (χ4v) is 2.66. The van der Waals surface area contributed by atoms with E-state index in [4.69, 9.17) is 10.6 Å². The number of aromatic amines is 1. The van der Waals surface area contributed by atoms with Gasteiger partial charge in [-0.15, -0.1) is 0 Å². The maximum Gasteiger partial charge on any atom is 0.211 e. The van der Waals surface area contributed by atoms with Crippen LogP contribution in [0.15, 0.2) is 53.8 Å². The maximum atomic E-state index is 12.9. The number of pyridine rings is 1. The summed E-state index contributed by atoms with van der Waals surface area (Å²) in [6.07, 6.45) is 2.97. The zero-order valence-electron chi connectivity index (χ0n) is 18.5. The molecule has 0 unspecified atom stereocenters. The van der Waals surface area contributed by atoms with Crippen molar-refractivity contribution in [3.8, 4) is 11.3 Å². The SMILES string of the molecule is CCCN=O.Cc1c(F)ccc(N)c1F.O=CNc1cnc2n[nH]c(-c3ccc(F)cc3)c2c1. The highest BCUT2D eigenvalue weighted by Gasteiger charge is 2.09. The van der Waals surface area contributed by atoms with Crippen LogP contribution in [0.3, 0.4) is 0 Å². The van der Waals surface area contributed by atoms with Gasteiger partial charge in [0, 0.05) is 16.5 Å². The first kappa shape index (κ1) is 26.0. The van der Waals surface area contributed by atoms with Crippen molar-refractivity contribution in [2.24, 2.45) is 5.18 Å². The van der Waals surface area contributed by atoms with Gasteiger partial charge in [-0.25, -0.2) is 18.2 Å². The topological polar surface area (TPSA) is 126 Å².